The number of hydrogen-bond donors (Lipinski definition) is 1. The second-order valence-corrected chi connectivity index (χ2v) is 6.39. The molecule has 2 N–H and O–H groups in total. The number of nitrogens with two attached hydrogens (primary N) is 1. The maximum atomic E-state index is 12.2. The lowest BCUT2D eigenvalue weighted by atomic mass is 10.0. The van der Waals surface area contributed by atoms with Gasteiger partial charge in [-0.05, 0) is 47.0 Å². The van der Waals surface area contributed by atoms with Gasteiger partial charge in [-0.3, -0.25) is 0 Å². The van der Waals surface area contributed by atoms with E-state index < -0.39 is 5.60 Å². The van der Waals surface area contributed by atoms with Crippen molar-refractivity contribution < 1.29 is 9.53 Å². The third-order valence-electron chi connectivity index (χ3n) is 3.15. The molecule has 1 fully saturated rings. The molecular weight excluding hydrogens is 228 g/mol. The molecule has 0 aliphatic carbocycles. The zero-order valence-corrected chi connectivity index (χ0v) is 12.2. The first-order valence-electron chi connectivity index (χ1n) is 7.05. The van der Waals surface area contributed by atoms with Crippen LogP contribution in [-0.2, 0) is 4.74 Å². The fourth-order valence-electron chi connectivity index (χ4n) is 2.41. The smallest absolute Gasteiger partial charge is 0.410 e. The second-order valence-electron chi connectivity index (χ2n) is 6.39. The molecule has 106 valence electrons. The van der Waals surface area contributed by atoms with Gasteiger partial charge in [0.15, 0.2) is 0 Å². The van der Waals surface area contributed by atoms with Crippen molar-refractivity contribution in [3.63, 3.8) is 0 Å². The molecule has 1 rings (SSSR count). The van der Waals surface area contributed by atoms with Crippen LogP contribution in [0, 0.1) is 0 Å². The average Bonchev–Trinajstić information content (AvgIpc) is 2.39. The molecule has 0 aromatic heterocycles. The molecule has 1 amide bonds. The molecule has 1 saturated heterocycles. The van der Waals surface area contributed by atoms with Gasteiger partial charge in [0.05, 0.1) is 0 Å². The van der Waals surface area contributed by atoms with Crippen LogP contribution in [0.3, 0.4) is 0 Å². The van der Waals surface area contributed by atoms with E-state index in [2.05, 4.69) is 0 Å². The van der Waals surface area contributed by atoms with Gasteiger partial charge in [0.1, 0.15) is 5.60 Å². The maximum Gasteiger partial charge on any atom is 0.410 e. The Balaban J connectivity index is 2.69. The summed E-state index contributed by atoms with van der Waals surface area (Å²) >= 11 is 0. The van der Waals surface area contributed by atoms with Crippen molar-refractivity contribution >= 4 is 6.09 Å². The summed E-state index contributed by atoms with van der Waals surface area (Å²) in [6, 6.07) is 0.361. The fourth-order valence-corrected chi connectivity index (χ4v) is 2.41. The number of carbonyl (C=O) groups excluding carboxylic acids is 1. The van der Waals surface area contributed by atoms with E-state index in [1.54, 1.807) is 0 Å². The molecule has 0 saturated carbocycles. The van der Waals surface area contributed by atoms with Gasteiger partial charge in [0, 0.05) is 18.6 Å². The molecule has 1 heterocycles. The van der Waals surface area contributed by atoms with Crippen molar-refractivity contribution in [2.24, 2.45) is 5.73 Å². The SMILES string of the molecule is CC(N)CC1CCCCCN1C(=O)OC(C)(C)C. The van der Waals surface area contributed by atoms with E-state index in [0.29, 0.717) is 0 Å². The summed E-state index contributed by atoms with van der Waals surface area (Å²) < 4.78 is 5.49. The summed E-state index contributed by atoms with van der Waals surface area (Å²) in [5, 5.41) is 0. The topological polar surface area (TPSA) is 55.6 Å². The lowest BCUT2D eigenvalue weighted by Crippen LogP contribution is -2.45. The highest BCUT2D eigenvalue weighted by Crippen LogP contribution is 2.22. The maximum absolute atomic E-state index is 12.2. The van der Waals surface area contributed by atoms with E-state index in [9.17, 15) is 4.79 Å². The number of nitrogens with zero attached hydrogens (tertiary/aromatic N) is 1. The van der Waals surface area contributed by atoms with E-state index >= 15 is 0 Å². The van der Waals surface area contributed by atoms with E-state index in [4.69, 9.17) is 10.5 Å². The summed E-state index contributed by atoms with van der Waals surface area (Å²) in [5.74, 6) is 0. The van der Waals surface area contributed by atoms with Gasteiger partial charge in [0.25, 0.3) is 0 Å². The van der Waals surface area contributed by atoms with Crippen LogP contribution in [0.15, 0.2) is 0 Å². The lowest BCUT2D eigenvalue weighted by molar-refractivity contribution is 0.0154. The largest absolute Gasteiger partial charge is 0.444 e. The van der Waals surface area contributed by atoms with Crippen molar-refractivity contribution in [2.75, 3.05) is 6.54 Å². The van der Waals surface area contributed by atoms with Crippen LogP contribution < -0.4 is 5.73 Å². The summed E-state index contributed by atoms with van der Waals surface area (Å²) in [6.07, 6.45) is 5.15. The number of rotatable bonds is 2. The predicted octanol–water partition coefficient (Wildman–Crippen LogP) is 2.90. The predicted molar refractivity (Wildman–Crippen MR) is 73.5 cm³/mol. The first kappa shape index (κ1) is 15.3. The molecule has 1 aliphatic heterocycles. The summed E-state index contributed by atoms with van der Waals surface area (Å²) in [6.45, 7) is 8.51. The lowest BCUT2D eigenvalue weighted by Gasteiger charge is -2.33. The molecule has 18 heavy (non-hydrogen) atoms. The van der Waals surface area contributed by atoms with Gasteiger partial charge in [-0.15, -0.1) is 0 Å². The zero-order chi connectivity index (χ0) is 13.8. The number of carbonyl (C=O) groups is 1. The van der Waals surface area contributed by atoms with E-state index in [1.807, 2.05) is 32.6 Å². The Labute approximate surface area is 111 Å². The molecule has 0 aromatic carbocycles. The van der Waals surface area contributed by atoms with Gasteiger partial charge in [-0.25, -0.2) is 4.79 Å². The van der Waals surface area contributed by atoms with Crippen LogP contribution >= 0.6 is 0 Å². The first-order valence-corrected chi connectivity index (χ1v) is 7.05. The number of likely N-dealkylation sites (tertiary alicyclic amines) is 1. The Hall–Kier alpha value is -0.770. The van der Waals surface area contributed by atoms with Crippen molar-refractivity contribution in [1.29, 1.82) is 0 Å². The Morgan fingerprint density at radius 3 is 2.61 bits per heavy atom. The van der Waals surface area contributed by atoms with Crippen LogP contribution in [0.4, 0.5) is 4.79 Å². The minimum atomic E-state index is -0.428. The molecule has 1 aliphatic rings. The molecular formula is C14H28N2O2. The highest BCUT2D eigenvalue weighted by molar-refractivity contribution is 5.68. The molecule has 2 atom stereocenters. The highest BCUT2D eigenvalue weighted by Gasteiger charge is 2.29. The Kier molecular flexibility index (Phi) is 5.45. The Morgan fingerprint density at radius 2 is 2.06 bits per heavy atom. The van der Waals surface area contributed by atoms with Gasteiger partial charge >= 0.3 is 6.09 Å². The standard InChI is InChI=1S/C14H28N2O2/c1-11(15)10-12-8-6-5-7-9-16(12)13(17)18-14(2,3)4/h11-12H,5-10,15H2,1-4H3. The number of amides is 1. The van der Waals surface area contributed by atoms with E-state index in [-0.39, 0.29) is 18.2 Å². The fraction of sp³-hybridized carbons (Fsp3) is 0.929. The Morgan fingerprint density at radius 1 is 1.39 bits per heavy atom. The van der Waals surface area contributed by atoms with Crippen molar-refractivity contribution in [3.05, 3.63) is 0 Å². The summed E-state index contributed by atoms with van der Waals surface area (Å²) in [7, 11) is 0. The number of hydrogen-bond acceptors (Lipinski definition) is 3. The van der Waals surface area contributed by atoms with Crippen LogP contribution in [0.1, 0.15) is 59.8 Å². The van der Waals surface area contributed by atoms with E-state index in [0.717, 1.165) is 25.8 Å². The Bertz CT molecular complexity index is 271. The third kappa shape index (κ3) is 5.25. The van der Waals surface area contributed by atoms with Crippen molar-refractivity contribution in [2.45, 2.75) is 77.5 Å². The van der Waals surface area contributed by atoms with Crippen LogP contribution in [0.2, 0.25) is 0 Å². The average molecular weight is 256 g/mol. The quantitative estimate of drug-likeness (QED) is 0.826. The second kappa shape index (κ2) is 6.41. The third-order valence-corrected chi connectivity index (χ3v) is 3.15. The molecule has 4 heteroatoms. The normalized spacial score (nSPS) is 23.4. The molecule has 0 aromatic rings. The van der Waals surface area contributed by atoms with Crippen LogP contribution in [0.5, 0.6) is 0 Å². The van der Waals surface area contributed by atoms with Gasteiger partial charge in [-0.2, -0.15) is 0 Å². The van der Waals surface area contributed by atoms with E-state index in [1.165, 1.54) is 12.8 Å². The molecule has 2 unspecified atom stereocenters. The van der Waals surface area contributed by atoms with Crippen LogP contribution in [-0.4, -0.2) is 35.2 Å². The van der Waals surface area contributed by atoms with Crippen molar-refractivity contribution in [3.8, 4) is 0 Å². The summed E-state index contributed by atoms with van der Waals surface area (Å²) in [5.41, 5.74) is 5.46. The zero-order valence-electron chi connectivity index (χ0n) is 12.2. The minimum Gasteiger partial charge on any atom is -0.444 e. The molecule has 0 bridgehead atoms. The monoisotopic (exact) mass is 256 g/mol. The summed E-state index contributed by atoms with van der Waals surface area (Å²) in [4.78, 5) is 14.1. The van der Waals surface area contributed by atoms with Crippen LogP contribution in [0.25, 0.3) is 0 Å². The molecule has 4 nitrogen and oxygen atoms in total. The van der Waals surface area contributed by atoms with Gasteiger partial charge < -0.3 is 15.4 Å². The van der Waals surface area contributed by atoms with Gasteiger partial charge in [0.2, 0.25) is 0 Å². The first-order chi connectivity index (χ1) is 8.29. The number of ether oxygens (including phenoxy) is 1. The molecule has 0 spiro atoms. The highest BCUT2D eigenvalue weighted by atomic mass is 16.6. The molecule has 0 radical (unpaired) electrons. The minimum absolute atomic E-state index is 0.123. The van der Waals surface area contributed by atoms with Gasteiger partial charge in [-0.1, -0.05) is 12.8 Å². The van der Waals surface area contributed by atoms with Crippen molar-refractivity contribution in [1.82, 2.24) is 4.90 Å².